The van der Waals surface area contributed by atoms with Crippen molar-refractivity contribution in [3.63, 3.8) is 0 Å². The largest absolute Gasteiger partial charge is 0.391 e. The van der Waals surface area contributed by atoms with Gasteiger partial charge in [-0.3, -0.25) is 4.98 Å². The number of anilines is 2. The van der Waals surface area contributed by atoms with Crippen LogP contribution in [-0.2, 0) is 0 Å². The number of aromatic nitrogens is 3. The fourth-order valence-electron chi connectivity index (χ4n) is 3.88. The van der Waals surface area contributed by atoms with E-state index in [-0.39, 0.29) is 6.10 Å². The van der Waals surface area contributed by atoms with Crippen LogP contribution in [0.5, 0.6) is 0 Å². The molecule has 6 nitrogen and oxygen atoms in total. The van der Waals surface area contributed by atoms with Crippen molar-refractivity contribution in [3.8, 4) is 0 Å². The maximum absolute atomic E-state index is 9.83. The van der Waals surface area contributed by atoms with Gasteiger partial charge in [-0.15, -0.1) is 0 Å². The van der Waals surface area contributed by atoms with Crippen molar-refractivity contribution in [2.24, 2.45) is 0 Å². The zero-order valence-electron chi connectivity index (χ0n) is 14.5. The van der Waals surface area contributed by atoms with Crippen LogP contribution in [0.3, 0.4) is 0 Å². The highest BCUT2D eigenvalue weighted by Crippen LogP contribution is 2.35. The van der Waals surface area contributed by atoms with E-state index in [9.17, 15) is 5.11 Å². The number of pyridine rings is 1. The average molecular weight is 347 g/mol. The lowest BCUT2D eigenvalue weighted by Crippen LogP contribution is -2.46. The minimum absolute atomic E-state index is 0.260. The summed E-state index contributed by atoms with van der Waals surface area (Å²) in [6.07, 6.45) is 4.05. The molecule has 4 heterocycles. The van der Waals surface area contributed by atoms with Gasteiger partial charge >= 0.3 is 0 Å². The van der Waals surface area contributed by atoms with Gasteiger partial charge in [0.15, 0.2) is 5.82 Å². The molecule has 0 aliphatic carbocycles. The highest BCUT2D eigenvalue weighted by atomic mass is 16.3. The van der Waals surface area contributed by atoms with E-state index >= 15 is 0 Å². The molecule has 0 amide bonds. The first kappa shape index (κ1) is 15.5. The Morgan fingerprint density at radius 1 is 0.923 bits per heavy atom. The first-order chi connectivity index (χ1) is 12.8. The lowest BCUT2D eigenvalue weighted by Gasteiger charge is -2.40. The predicted molar refractivity (Wildman–Crippen MR) is 102 cm³/mol. The van der Waals surface area contributed by atoms with Gasteiger partial charge in [0.1, 0.15) is 5.82 Å². The van der Waals surface area contributed by atoms with Gasteiger partial charge in [-0.25, -0.2) is 9.97 Å². The molecule has 0 unspecified atom stereocenters. The Morgan fingerprint density at radius 2 is 1.77 bits per heavy atom. The molecule has 1 N–H and O–H groups in total. The molecule has 132 valence electrons. The number of hydrogen-bond acceptors (Lipinski definition) is 6. The van der Waals surface area contributed by atoms with Crippen LogP contribution in [-0.4, -0.2) is 52.3 Å². The van der Waals surface area contributed by atoms with Crippen LogP contribution < -0.4 is 9.80 Å². The Kier molecular flexibility index (Phi) is 3.71. The standard InChI is InChI=1S/C20H21N5O/c26-16-7-10-24(13-16)20-19(21-8-9-22-20)15-11-25(12-15)18-6-5-14-3-1-2-4-17(14)23-18/h1-6,8-9,15-16,26H,7,10-13H2/t16-/m1/s1. The zero-order valence-corrected chi connectivity index (χ0v) is 14.5. The smallest absolute Gasteiger partial charge is 0.150 e. The molecule has 26 heavy (non-hydrogen) atoms. The number of rotatable bonds is 3. The molecule has 2 aliphatic heterocycles. The van der Waals surface area contributed by atoms with Crippen LogP contribution in [0.1, 0.15) is 18.0 Å². The summed E-state index contributed by atoms with van der Waals surface area (Å²) < 4.78 is 0. The Hall–Kier alpha value is -2.73. The van der Waals surface area contributed by atoms with Gasteiger partial charge in [-0.2, -0.15) is 0 Å². The third-order valence-corrected chi connectivity index (χ3v) is 5.35. The van der Waals surface area contributed by atoms with Gasteiger partial charge in [0.25, 0.3) is 0 Å². The molecule has 2 aromatic heterocycles. The third-order valence-electron chi connectivity index (χ3n) is 5.35. The van der Waals surface area contributed by atoms with Gasteiger partial charge in [-0.1, -0.05) is 18.2 Å². The summed E-state index contributed by atoms with van der Waals surface area (Å²) in [7, 11) is 0. The summed E-state index contributed by atoms with van der Waals surface area (Å²) in [6, 6.07) is 12.4. The quantitative estimate of drug-likeness (QED) is 0.784. The minimum Gasteiger partial charge on any atom is -0.391 e. The summed E-state index contributed by atoms with van der Waals surface area (Å²) in [4.78, 5) is 18.4. The zero-order chi connectivity index (χ0) is 17.5. The number of nitrogens with zero attached hydrogens (tertiary/aromatic N) is 5. The van der Waals surface area contributed by atoms with Crippen LogP contribution >= 0.6 is 0 Å². The molecular formula is C20H21N5O. The van der Waals surface area contributed by atoms with E-state index in [1.807, 2.05) is 12.1 Å². The summed E-state index contributed by atoms with van der Waals surface area (Å²) in [6.45, 7) is 3.28. The van der Waals surface area contributed by atoms with E-state index in [1.54, 1.807) is 12.4 Å². The second kappa shape index (κ2) is 6.21. The van der Waals surface area contributed by atoms with E-state index in [0.717, 1.165) is 54.3 Å². The van der Waals surface area contributed by atoms with Crippen LogP contribution in [0, 0.1) is 0 Å². The Labute approximate surface area is 152 Å². The Morgan fingerprint density at radius 3 is 2.62 bits per heavy atom. The van der Waals surface area contributed by atoms with Crippen molar-refractivity contribution >= 4 is 22.5 Å². The van der Waals surface area contributed by atoms with E-state index in [1.165, 1.54) is 0 Å². The highest BCUT2D eigenvalue weighted by molar-refractivity contribution is 5.80. The molecule has 0 radical (unpaired) electrons. The molecule has 6 heteroatoms. The van der Waals surface area contributed by atoms with Crippen LogP contribution in [0.4, 0.5) is 11.6 Å². The number of aliphatic hydroxyl groups is 1. The fourth-order valence-corrected chi connectivity index (χ4v) is 3.88. The van der Waals surface area contributed by atoms with Crippen LogP contribution in [0.15, 0.2) is 48.8 Å². The van der Waals surface area contributed by atoms with Crippen molar-refractivity contribution in [3.05, 3.63) is 54.5 Å². The maximum Gasteiger partial charge on any atom is 0.150 e. The summed E-state index contributed by atoms with van der Waals surface area (Å²) in [5.74, 6) is 2.30. The van der Waals surface area contributed by atoms with Crippen LogP contribution in [0.25, 0.3) is 10.9 Å². The average Bonchev–Trinajstić information content (AvgIpc) is 3.07. The predicted octanol–water partition coefficient (Wildman–Crippen LogP) is 2.20. The van der Waals surface area contributed by atoms with Gasteiger partial charge in [0.05, 0.1) is 17.3 Å². The Bertz CT molecular complexity index is 940. The lowest BCUT2D eigenvalue weighted by molar-refractivity contribution is 0.198. The minimum atomic E-state index is -0.260. The second-order valence-electron chi connectivity index (χ2n) is 7.12. The van der Waals surface area contributed by atoms with Gasteiger partial charge in [-0.05, 0) is 24.6 Å². The molecular weight excluding hydrogens is 326 g/mol. The normalized spacial score (nSPS) is 20.6. The molecule has 0 bridgehead atoms. The van der Waals surface area contributed by atoms with E-state index < -0.39 is 0 Å². The van der Waals surface area contributed by atoms with Crippen molar-refractivity contribution < 1.29 is 5.11 Å². The summed E-state index contributed by atoms with van der Waals surface area (Å²) in [5, 5.41) is 11.0. The van der Waals surface area contributed by atoms with Crippen molar-refractivity contribution in [1.82, 2.24) is 15.0 Å². The van der Waals surface area contributed by atoms with Crippen LogP contribution in [0.2, 0.25) is 0 Å². The highest BCUT2D eigenvalue weighted by Gasteiger charge is 2.34. The van der Waals surface area contributed by atoms with E-state index in [2.05, 4.69) is 44.0 Å². The van der Waals surface area contributed by atoms with E-state index in [4.69, 9.17) is 4.98 Å². The molecule has 0 saturated carbocycles. The molecule has 3 aromatic rings. The molecule has 1 aromatic carbocycles. The second-order valence-corrected chi connectivity index (χ2v) is 7.12. The van der Waals surface area contributed by atoms with Crippen molar-refractivity contribution in [1.29, 1.82) is 0 Å². The number of hydrogen-bond donors (Lipinski definition) is 1. The van der Waals surface area contributed by atoms with Crippen molar-refractivity contribution in [2.75, 3.05) is 36.0 Å². The summed E-state index contributed by atoms with van der Waals surface area (Å²) >= 11 is 0. The number of benzene rings is 1. The number of β-amino-alcohol motifs (C(OH)–C–C–N with tert-alkyl or cyclic N) is 1. The first-order valence-electron chi connectivity index (χ1n) is 9.12. The third kappa shape index (κ3) is 2.66. The molecule has 5 rings (SSSR count). The maximum atomic E-state index is 9.83. The molecule has 1 atom stereocenters. The fraction of sp³-hybridized carbons (Fsp3) is 0.350. The molecule has 0 spiro atoms. The van der Waals surface area contributed by atoms with E-state index in [0.29, 0.717) is 12.5 Å². The number of fused-ring (bicyclic) bond motifs is 1. The molecule has 2 fully saturated rings. The number of aliphatic hydroxyl groups excluding tert-OH is 1. The van der Waals surface area contributed by atoms with Gasteiger partial charge in [0.2, 0.25) is 0 Å². The number of para-hydroxylation sites is 1. The van der Waals surface area contributed by atoms with Gasteiger partial charge < -0.3 is 14.9 Å². The molecule has 2 saturated heterocycles. The van der Waals surface area contributed by atoms with Gasteiger partial charge in [0, 0.05) is 49.9 Å². The van der Waals surface area contributed by atoms with Crippen molar-refractivity contribution in [2.45, 2.75) is 18.4 Å². The SMILES string of the molecule is O[C@@H]1CCN(c2nccnc2C2CN(c3ccc4ccccc4n3)C2)C1. The molecule has 2 aliphatic rings. The monoisotopic (exact) mass is 347 g/mol. The Balaban J connectivity index is 1.35. The topological polar surface area (TPSA) is 65.4 Å². The summed E-state index contributed by atoms with van der Waals surface area (Å²) in [5.41, 5.74) is 2.07. The lowest BCUT2D eigenvalue weighted by atomic mass is 9.95. The first-order valence-corrected chi connectivity index (χ1v) is 9.12.